The van der Waals surface area contributed by atoms with Gasteiger partial charge < -0.3 is 85.3 Å². The highest BCUT2D eigenvalue weighted by Gasteiger charge is 2.67. The standard InChI is InChI=1S/C51H62N4O17Si/c1-26-45(73(3,4)32-16-14-31(69-2)15-17-32)35(23-36(57)54(19-20-56)24-27-9-6-5-7-10-27)72-51(26)33-22-30(53-47(65)44-40(61)38(59)42(63)49(67)71-44)13-18-34(33)55(50(51)68)25-28-11-8-12-29(21-28)52-46(64)43-39(60)37(58)41(62)48(66)70-43/h5-18,21-22,26,35,37-45,48-49,56,58-63,66-67H,19-20,23-25H2,1-4H3,(H,52,64)(H,53,65)/t26-,35+,37-,38-,39-,40-,41+,42+,43-,44-,45-,48+,49+,51+/m0/s1. The fourth-order valence-corrected chi connectivity index (χ4v) is 14.8. The number of carbonyl (C=O) groups is 4. The van der Waals surface area contributed by atoms with Crippen molar-refractivity contribution < 1.29 is 84.1 Å². The van der Waals surface area contributed by atoms with Crippen molar-refractivity contribution in [1.82, 2.24) is 4.90 Å². The molecule has 11 N–H and O–H groups in total. The van der Waals surface area contributed by atoms with Crippen molar-refractivity contribution in [2.45, 2.75) is 118 Å². The summed E-state index contributed by atoms with van der Waals surface area (Å²) in [6.07, 6.45) is -20.0. The molecule has 3 saturated heterocycles. The maximum atomic E-state index is 15.8. The molecular weight excluding hydrogens is 969 g/mol. The lowest BCUT2D eigenvalue weighted by atomic mass is 9.82. The van der Waals surface area contributed by atoms with Gasteiger partial charge in [-0.25, -0.2) is 0 Å². The van der Waals surface area contributed by atoms with Gasteiger partial charge in [-0.3, -0.25) is 19.2 Å². The van der Waals surface area contributed by atoms with Crippen LogP contribution >= 0.6 is 0 Å². The summed E-state index contributed by atoms with van der Waals surface area (Å²) >= 11 is 0. The molecule has 1 spiro atoms. The SMILES string of the molecule is COc1ccc([Si](C)(C)[C@@H]2[C@@H](CC(=O)N(CCO)Cc3ccccc3)O[C@]3(C(=O)N(Cc4cccc(NC(=O)[C@H]5O[C@@H](O)[C@H](O)[C@@H](O)[C@@H]5O)c4)c4ccc(NC(=O)[C@H]5O[C@@H](O)[C@H](O)[C@@H](O)[C@@H]5O)cc43)[C@H]2C)cc1. The summed E-state index contributed by atoms with van der Waals surface area (Å²) in [6.45, 7) is 5.95. The molecule has 4 heterocycles. The highest BCUT2D eigenvalue weighted by Crippen LogP contribution is 2.60. The van der Waals surface area contributed by atoms with Crippen LogP contribution in [0.2, 0.25) is 18.6 Å². The van der Waals surface area contributed by atoms with Gasteiger partial charge in [-0.05, 0) is 59.1 Å². The van der Waals surface area contributed by atoms with Gasteiger partial charge in [-0.1, -0.05) is 79.8 Å². The zero-order chi connectivity index (χ0) is 52.7. The summed E-state index contributed by atoms with van der Waals surface area (Å²) in [5.41, 5.74) is -0.0174. The van der Waals surface area contributed by atoms with E-state index in [1.807, 2.05) is 61.5 Å². The average Bonchev–Trinajstić information content (AvgIpc) is 3.80. The Morgan fingerprint density at radius 1 is 0.726 bits per heavy atom. The molecule has 392 valence electrons. The molecule has 0 aromatic heterocycles. The average molecular weight is 1030 g/mol. The molecule has 0 unspecified atom stereocenters. The number of nitrogens with one attached hydrogen (secondary N) is 2. The number of methoxy groups -OCH3 is 1. The lowest BCUT2D eigenvalue weighted by Crippen LogP contribution is -2.60. The largest absolute Gasteiger partial charge is 0.497 e. The van der Waals surface area contributed by atoms with Crippen LogP contribution in [-0.4, -0.2) is 170 Å². The second-order valence-corrected chi connectivity index (χ2v) is 24.2. The minimum absolute atomic E-state index is 0.0247. The quantitative estimate of drug-likeness (QED) is 0.0659. The fraction of sp³-hybridized carbons (Fsp3) is 0.451. The number of hydrogen-bond acceptors (Lipinski definition) is 17. The monoisotopic (exact) mass is 1030 g/mol. The number of aliphatic hydroxyl groups is 9. The predicted octanol–water partition coefficient (Wildman–Crippen LogP) is -0.654. The molecular formula is C51H62N4O17Si. The molecule has 14 atom stereocenters. The Balaban J connectivity index is 1.18. The van der Waals surface area contributed by atoms with Crippen LogP contribution in [0.4, 0.5) is 17.1 Å². The van der Waals surface area contributed by atoms with Gasteiger partial charge in [-0.2, -0.15) is 0 Å². The summed E-state index contributed by atoms with van der Waals surface area (Å²) in [6, 6.07) is 27.9. The topological polar surface area (TPSA) is 318 Å². The number of amides is 4. The first-order chi connectivity index (χ1) is 34.7. The molecule has 4 aromatic rings. The molecule has 4 aliphatic heterocycles. The van der Waals surface area contributed by atoms with E-state index < -0.39 is 110 Å². The van der Waals surface area contributed by atoms with Crippen LogP contribution in [0.3, 0.4) is 0 Å². The number of benzene rings is 4. The van der Waals surface area contributed by atoms with E-state index in [-0.39, 0.29) is 49.9 Å². The second-order valence-electron chi connectivity index (χ2n) is 19.5. The number of aliphatic hydroxyl groups excluding tert-OH is 9. The van der Waals surface area contributed by atoms with Gasteiger partial charge in [0.05, 0.1) is 46.5 Å². The van der Waals surface area contributed by atoms with Crippen LogP contribution in [-0.2, 0) is 52.1 Å². The second kappa shape index (κ2) is 21.6. The number of fused-ring (bicyclic) bond motifs is 2. The van der Waals surface area contributed by atoms with E-state index in [1.165, 1.54) is 17.0 Å². The lowest BCUT2D eigenvalue weighted by Gasteiger charge is -2.37. The molecule has 4 amide bonds. The number of nitrogens with zero attached hydrogens (tertiary/aromatic N) is 2. The number of hydrogen-bond donors (Lipinski definition) is 11. The van der Waals surface area contributed by atoms with E-state index in [0.717, 1.165) is 10.8 Å². The van der Waals surface area contributed by atoms with E-state index >= 15 is 4.79 Å². The molecule has 0 bridgehead atoms. The first kappa shape index (κ1) is 53.6. The van der Waals surface area contributed by atoms with E-state index in [4.69, 9.17) is 18.9 Å². The van der Waals surface area contributed by atoms with Gasteiger partial charge in [0.1, 0.15) is 42.4 Å². The number of anilines is 3. The predicted molar refractivity (Wildman–Crippen MR) is 262 cm³/mol. The van der Waals surface area contributed by atoms with Crippen LogP contribution in [0.1, 0.15) is 30.0 Å². The van der Waals surface area contributed by atoms with Gasteiger partial charge in [0.25, 0.3) is 17.7 Å². The summed E-state index contributed by atoms with van der Waals surface area (Å²) in [5.74, 6) is -2.83. The van der Waals surface area contributed by atoms with Crippen molar-refractivity contribution in [3.8, 4) is 5.75 Å². The third kappa shape index (κ3) is 10.3. The molecule has 22 heteroatoms. The Morgan fingerprint density at radius 3 is 1.88 bits per heavy atom. The normalized spacial score (nSPS) is 31.0. The molecule has 0 radical (unpaired) electrons. The van der Waals surface area contributed by atoms with E-state index in [0.29, 0.717) is 22.6 Å². The summed E-state index contributed by atoms with van der Waals surface area (Å²) in [4.78, 5) is 60.6. The van der Waals surface area contributed by atoms with Crippen molar-refractivity contribution in [3.63, 3.8) is 0 Å². The Morgan fingerprint density at radius 2 is 1.30 bits per heavy atom. The molecule has 73 heavy (non-hydrogen) atoms. The van der Waals surface area contributed by atoms with Crippen molar-refractivity contribution in [3.05, 3.63) is 114 Å². The van der Waals surface area contributed by atoms with Gasteiger partial charge in [0.2, 0.25) is 5.91 Å². The molecule has 4 aromatic carbocycles. The van der Waals surface area contributed by atoms with E-state index in [1.54, 1.807) is 42.3 Å². The number of rotatable bonds is 15. The Hall–Kier alpha value is -5.70. The highest BCUT2D eigenvalue weighted by atomic mass is 28.3. The van der Waals surface area contributed by atoms with Crippen LogP contribution in [0.15, 0.2) is 97.1 Å². The zero-order valence-corrected chi connectivity index (χ0v) is 41.5. The molecule has 3 fully saturated rings. The van der Waals surface area contributed by atoms with Gasteiger partial charge in [0.15, 0.2) is 30.4 Å². The number of carbonyl (C=O) groups excluding carboxylic acids is 4. The zero-order valence-electron chi connectivity index (χ0n) is 40.5. The Kier molecular flexibility index (Phi) is 15.9. The Labute approximate surface area is 421 Å². The number of ether oxygens (including phenoxy) is 4. The van der Waals surface area contributed by atoms with E-state index in [9.17, 15) is 60.3 Å². The molecule has 21 nitrogen and oxygen atoms in total. The van der Waals surface area contributed by atoms with Crippen LogP contribution in [0, 0.1) is 5.92 Å². The maximum absolute atomic E-state index is 15.8. The molecule has 8 rings (SSSR count). The van der Waals surface area contributed by atoms with Crippen LogP contribution in [0.5, 0.6) is 5.75 Å². The first-order valence-corrected chi connectivity index (χ1v) is 27.0. The molecule has 0 aliphatic carbocycles. The van der Waals surface area contributed by atoms with Gasteiger partial charge in [-0.15, -0.1) is 0 Å². The van der Waals surface area contributed by atoms with Crippen LogP contribution in [0.25, 0.3) is 0 Å². The lowest BCUT2D eigenvalue weighted by molar-refractivity contribution is -0.274. The highest BCUT2D eigenvalue weighted by molar-refractivity contribution is 6.91. The van der Waals surface area contributed by atoms with Gasteiger partial charge in [0, 0.05) is 35.9 Å². The maximum Gasteiger partial charge on any atom is 0.264 e. The first-order valence-electron chi connectivity index (χ1n) is 23.9. The minimum atomic E-state index is -2.85. The van der Waals surface area contributed by atoms with Crippen LogP contribution < -0.4 is 25.5 Å². The third-order valence-corrected chi connectivity index (χ3v) is 19.0. The fourth-order valence-electron chi connectivity index (χ4n) is 10.8. The van der Waals surface area contributed by atoms with Crippen molar-refractivity contribution in [2.75, 3.05) is 35.8 Å². The molecule has 0 saturated carbocycles. The van der Waals surface area contributed by atoms with E-state index in [2.05, 4.69) is 23.7 Å². The summed E-state index contributed by atoms with van der Waals surface area (Å²) in [5, 5.41) is 98.4. The van der Waals surface area contributed by atoms with Crippen molar-refractivity contribution in [1.29, 1.82) is 0 Å². The third-order valence-electron chi connectivity index (χ3n) is 14.6. The summed E-state index contributed by atoms with van der Waals surface area (Å²) in [7, 11) is -1.29. The van der Waals surface area contributed by atoms with Crippen molar-refractivity contribution in [2.24, 2.45) is 5.92 Å². The Bertz CT molecular complexity index is 2650. The molecule has 4 aliphatic rings. The smallest absolute Gasteiger partial charge is 0.264 e. The van der Waals surface area contributed by atoms with Gasteiger partial charge >= 0.3 is 0 Å². The summed E-state index contributed by atoms with van der Waals surface area (Å²) < 4.78 is 23.0. The minimum Gasteiger partial charge on any atom is -0.497 e. The van der Waals surface area contributed by atoms with Crippen molar-refractivity contribution >= 4 is 54.0 Å².